The third-order valence-electron chi connectivity index (χ3n) is 2.87. The summed E-state index contributed by atoms with van der Waals surface area (Å²) in [5.41, 5.74) is 1.50. The molecule has 0 unspecified atom stereocenters. The van der Waals surface area contributed by atoms with Gasteiger partial charge in [-0.3, -0.25) is 4.79 Å². The Hall–Kier alpha value is 0.759. The van der Waals surface area contributed by atoms with Crippen LogP contribution in [-0.2, 0) is 24.9 Å². The van der Waals surface area contributed by atoms with Gasteiger partial charge < -0.3 is 0 Å². The zero-order valence-corrected chi connectivity index (χ0v) is 21.1. The van der Waals surface area contributed by atoms with Crippen LogP contribution in [0.3, 0.4) is 0 Å². The summed E-state index contributed by atoms with van der Waals surface area (Å²) >= 11 is 0. The maximum absolute atomic E-state index is 12.0. The van der Waals surface area contributed by atoms with E-state index in [0.717, 1.165) is 12.8 Å². The van der Waals surface area contributed by atoms with E-state index in [-0.39, 0.29) is 20.1 Å². The summed E-state index contributed by atoms with van der Waals surface area (Å²) in [6.45, 7) is 10.8. The summed E-state index contributed by atoms with van der Waals surface area (Å²) < 4.78 is 59.2. The van der Waals surface area contributed by atoms with Gasteiger partial charge in [-0.05, 0) is 64.2 Å². The molecule has 0 bridgehead atoms. The zero-order chi connectivity index (χ0) is 21.8. The Morgan fingerprint density at radius 2 is 1.18 bits per heavy atom. The van der Waals surface area contributed by atoms with Gasteiger partial charge in [0.05, 0.1) is 0 Å². The number of halogens is 6. The fraction of sp³-hybridized carbons (Fsp3) is 0.556. The van der Waals surface area contributed by atoms with Crippen molar-refractivity contribution in [2.24, 2.45) is 0 Å². The predicted molar refractivity (Wildman–Crippen MR) is 107 cm³/mol. The molecule has 169 valence electrons. The maximum atomic E-state index is 12.0. The van der Waals surface area contributed by atoms with E-state index < -0.39 is 15.7 Å². The van der Waals surface area contributed by atoms with Crippen LogP contribution in [0, 0.1) is 44.9 Å². The van der Waals surface area contributed by atoms with E-state index >= 15 is 0 Å². The van der Waals surface area contributed by atoms with Crippen molar-refractivity contribution in [2.75, 3.05) is 0 Å². The molecule has 0 N–H and O–H groups in total. The van der Waals surface area contributed by atoms with E-state index in [1.54, 1.807) is 0 Å². The number of carbonyl (C=O) groups excluding carboxylic acids is 1. The minimum atomic E-state index is -10.7. The van der Waals surface area contributed by atoms with E-state index in [4.69, 9.17) is 0 Å². The summed E-state index contributed by atoms with van der Waals surface area (Å²) in [4.78, 5) is 12.0. The molecule has 1 rings (SSSR count). The normalized spacial score (nSPS) is 16.4. The van der Waals surface area contributed by atoms with Gasteiger partial charge >= 0.3 is 53.1 Å². The van der Waals surface area contributed by atoms with E-state index in [1.165, 1.54) is 0 Å². The average molecular weight is 632 g/mol. The van der Waals surface area contributed by atoms with Crippen molar-refractivity contribution in [2.45, 2.75) is 65.2 Å². The van der Waals surface area contributed by atoms with Gasteiger partial charge in [-0.1, -0.05) is 47.5 Å². The minimum absolute atomic E-state index is 0. The van der Waals surface area contributed by atoms with E-state index in [1.807, 2.05) is 38.5 Å². The monoisotopic (exact) mass is 632 g/mol. The molecule has 0 amide bonds. The van der Waals surface area contributed by atoms with Gasteiger partial charge in [0, 0.05) is 6.42 Å². The van der Waals surface area contributed by atoms with Crippen molar-refractivity contribution < 1.29 is 50.1 Å². The van der Waals surface area contributed by atoms with Gasteiger partial charge in [-0.25, -0.2) is 0 Å². The van der Waals surface area contributed by atoms with Crippen LogP contribution >= 0.6 is 15.7 Å². The Bertz CT molecular complexity index is 382. The topological polar surface area (TPSA) is 17.1 Å². The van der Waals surface area contributed by atoms with Crippen LogP contribution in [0.4, 0.5) is 25.2 Å². The summed E-state index contributed by atoms with van der Waals surface area (Å²) in [5, 5.41) is 0. The van der Waals surface area contributed by atoms with Crippen LogP contribution in [0.5, 0.6) is 0 Å². The Kier molecular flexibility index (Phi) is 16.6. The molecule has 1 fully saturated rings. The van der Waals surface area contributed by atoms with Crippen molar-refractivity contribution in [3.8, 4) is 0 Å². The number of hydrogen-bond donors (Lipinski definition) is 0. The first-order valence-corrected chi connectivity index (χ1v) is 12.2. The van der Waals surface area contributed by atoms with Crippen LogP contribution in [0.1, 0.15) is 53.9 Å². The first kappa shape index (κ1) is 33.4. The molecule has 0 atom stereocenters. The molecule has 0 aliphatic heterocycles. The average Bonchev–Trinajstić information content (AvgIpc) is 2.98. The first-order chi connectivity index (χ1) is 12.0. The summed E-state index contributed by atoms with van der Waals surface area (Å²) in [5.74, 6) is 0. The molecular weight excluding hydrogens is 600 g/mol. The molecule has 1 nitrogen and oxygen atoms in total. The Balaban J connectivity index is -0.000000395. The second-order valence-electron chi connectivity index (χ2n) is 6.37. The standard InChI is InChI=1S/C13H25OP.C5H5.F6P.Ir.H/c1-6-7-8-9-10-13(14)15(11(2)3)12(4)5;1-2-4-5-3-1;1-7(2,3,4,5)6;;/h8-9,11-12H,6-7,10H2,1-5H3;1-5H;;;/q;;-1;+2;. The molecule has 1 saturated carbocycles. The summed E-state index contributed by atoms with van der Waals surface area (Å²) in [6, 6.07) is 0. The first-order valence-electron chi connectivity index (χ1n) is 8.64. The van der Waals surface area contributed by atoms with E-state index in [2.05, 4.69) is 41.0 Å². The molecule has 10 heteroatoms. The molecule has 28 heavy (non-hydrogen) atoms. The fourth-order valence-electron chi connectivity index (χ4n) is 2.07. The predicted octanol–water partition coefficient (Wildman–Crippen LogP) is 8.54. The van der Waals surface area contributed by atoms with E-state index in [9.17, 15) is 30.0 Å². The van der Waals surface area contributed by atoms with Gasteiger partial charge in [-0.2, -0.15) is 0 Å². The molecular formula is C18H31F6IrOP2+. The van der Waals surface area contributed by atoms with Crippen molar-refractivity contribution in [1.29, 1.82) is 0 Å². The van der Waals surface area contributed by atoms with Crippen molar-refractivity contribution >= 4 is 21.3 Å². The third-order valence-corrected chi connectivity index (χ3v) is 5.85. The zero-order valence-electron chi connectivity index (χ0n) is 16.7. The number of unbranched alkanes of at least 4 members (excludes halogenated alkanes) is 3. The second-order valence-corrected chi connectivity index (χ2v) is 11.7. The number of hydrogen-bond acceptors (Lipinski definition) is 1. The SMILES string of the molecule is CCC[CH][CH]CC(=O)P(C(C)C)C(C)C.F[P-](F)(F)(F)(F)F.[CH]1[CH][CH][CH][CH]1.[IrH+2]. The molecule has 8 radical (unpaired) electrons. The molecule has 0 aromatic carbocycles. The van der Waals surface area contributed by atoms with Crippen molar-refractivity contribution in [3.05, 3.63) is 44.9 Å². The van der Waals surface area contributed by atoms with Crippen LogP contribution in [0.15, 0.2) is 0 Å². The number of carbonyl (C=O) groups is 1. The molecule has 1 aliphatic carbocycles. The van der Waals surface area contributed by atoms with Gasteiger partial charge in [0.2, 0.25) is 0 Å². The van der Waals surface area contributed by atoms with Gasteiger partial charge in [-0.15, -0.1) is 0 Å². The molecule has 0 spiro atoms. The van der Waals surface area contributed by atoms with Crippen molar-refractivity contribution in [1.82, 2.24) is 0 Å². The Morgan fingerprint density at radius 3 is 1.43 bits per heavy atom. The van der Waals surface area contributed by atoms with E-state index in [0.29, 0.717) is 23.3 Å². The van der Waals surface area contributed by atoms with Crippen LogP contribution < -0.4 is 0 Å². The van der Waals surface area contributed by atoms with Gasteiger partial charge in [0.1, 0.15) is 0 Å². The third kappa shape index (κ3) is 31.5. The number of rotatable bonds is 8. The Morgan fingerprint density at radius 1 is 0.857 bits per heavy atom. The quantitative estimate of drug-likeness (QED) is 0.149. The molecule has 1 aliphatic rings. The fourth-order valence-corrected chi connectivity index (χ4v) is 4.73. The van der Waals surface area contributed by atoms with Gasteiger partial charge in [0.25, 0.3) is 0 Å². The second kappa shape index (κ2) is 13.9. The Labute approximate surface area is 181 Å². The van der Waals surface area contributed by atoms with Gasteiger partial charge in [0.15, 0.2) is 5.52 Å². The van der Waals surface area contributed by atoms with Crippen LogP contribution in [0.2, 0.25) is 0 Å². The molecule has 0 aromatic rings. The van der Waals surface area contributed by atoms with Crippen LogP contribution in [0.25, 0.3) is 0 Å². The summed E-state index contributed by atoms with van der Waals surface area (Å²) in [6.07, 6.45) is 17.1. The van der Waals surface area contributed by atoms with Crippen molar-refractivity contribution in [3.63, 3.8) is 0 Å². The summed E-state index contributed by atoms with van der Waals surface area (Å²) in [7, 11) is -11.1. The molecule has 0 saturated heterocycles. The van der Waals surface area contributed by atoms with Crippen LogP contribution in [-0.4, -0.2) is 16.8 Å². The molecule has 0 heterocycles. The molecule has 0 aromatic heterocycles.